The van der Waals surface area contributed by atoms with Crippen molar-refractivity contribution in [2.75, 3.05) is 11.1 Å². The lowest BCUT2D eigenvalue weighted by Crippen LogP contribution is -2.08. The Morgan fingerprint density at radius 3 is 1.78 bits per heavy atom. The maximum atomic E-state index is 11.5. The van der Waals surface area contributed by atoms with E-state index in [1.807, 2.05) is 86.2 Å². The Labute approximate surface area is 260 Å². The van der Waals surface area contributed by atoms with Gasteiger partial charge in [-0.2, -0.15) is 0 Å². The number of rotatable bonds is 3. The third-order valence-corrected chi connectivity index (χ3v) is 6.62. The summed E-state index contributed by atoms with van der Waals surface area (Å²) in [4.78, 5) is 36.1. The minimum Gasteiger partial charge on any atom is -0.472 e. The fraction of sp³-hybridized carbons (Fsp3) is 0.111. The van der Waals surface area contributed by atoms with Gasteiger partial charge >= 0.3 is 5.97 Å². The molecule has 45 heavy (non-hydrogen) atoms. The Hall–Kier alpha value is -6.32. The Morgan fingerprint density at radius 1 is 0.756 bits per heavy atom. The summed E-state index contributed by atoms with van der Waals surface area (Å²) >= 11 is 0. The van der Waals surface area contributed by atoms with Crippen LogP contribution in [0.15, 0.2) is 85.5 Å². The predicted molar refractivity (Wildman–Crippen MR) is 180 cm³/mol. The van der Waals surface area contributed by atoms with Crippen LogP contribution < -0.4 is 11.1 Å². The molecule has 0 spiro atoms. The number of hydrogen-bond acceptors (Lipinski definition) is 5. The molecular formula is C36H32N6O3. The van der Waals surface area contributed by atoms with Crippen molar-refractivity contribution >= 4 is 45.3 Å². The average Bonchev–Trinajstić information content (AvgIpc) is 3.59. The van der Waals surface area contributed by atoms with Gasteiger partial charge in [0.05, 0.1) is 0 Å². The van der Waals surface area contributed by atoms with Crippen LogP contribution in [0.5, 0.6) is 0 Å². The lowest BCUT2D eigenvalue weighted by Gasteiger charge is -2.06. The number of aromatic amines is 2. The molecule has 6 rings (SSSR count). The Bertz CT molecular complexity index is 2120. The average molecular weight is 597 g/mol. The summed E-state index contributed by atoms with van der Waals surface area (Å²) in [5, 5.41) is 12.8. The minimum atomic E-state index is -1.07. The van der Waals surface area contributed by atoms with Gasteiger partial charge in [0.1, 0.15) is 11.3 Å². The van der Waals surface area contributed by atoms with E-state index in [1.165, 1.54) is 12.5 Å². The van der Waals surface area contributed by atoms with Crippen molar-refractivity contribution in [3.8, 4) is 45.9 Å². The number of carbonyl (C=O) groups is 2. The number of hydrogen-bond donors (Lipinski definition) is 5. The van der Waals surface area contributed by atoms with E-state index in [2.05, 4.69) is 62.1 Å². The van der Waals surface area contributed by atoms with Crippen molar-refractivity contribution in [3.63, 3.8) is 0 Å². The molecule has 0 bridgehead atoms. The highest BCUT2D eigenvalue weighted by atomic mass is 16.4. The number of carboxylic acids is 1. The summed E-state index contributed by atoms with van der Waals surface area (Å²) in [6, 6.07) is 19.7. The van der Waals surface area contributed by atoms with Gasteiger partial charge in [-0.25, -0.2) is 14.8 Å². The third-order valence-electron chi connectivity index (χ3n) is 6.62. The van der Waals surface area contributed by atoms with Crippen LogP contribution in [0, 0.1) is 37.5 Å². The predicted octanol–water partition coefficient (Wildman–Crippen LogP) is 6.71. The number of anilines is 2. The first-order chi connectivity index (χ1) is 21.7. The summed E-state index contributed by atoms with van der Waals surface area (Å²) in [5.41, 5.74) is 15.6. The maximum absolute atomic E-state index is 11.5. The standard InChI is InChI=1S/C18H15N3O.C14H13N3.C4H4O2/c1-3-5-17(22)21-15-7-4-6-13(8-15)14-9-16-12(2)10-19-18(16)20-11-14;1-9-7-16-14-13(9)6-11(8-17-14)10-3-2-4-12(15)5-10;1-2-3-4(5)6/h4,6-11H,1-2H3,(H,19,20)(H,21,22);2-8H,15H2,1H3,(H,16,17);1H3,(H,5,6). The second-order valence-corrected chi connectivity index (χ2v) is 9.90. The van der Waals surface area contributed by atoms with Crippen LogP contribution >= 0.6 is 0 Å². The SMILES string of the molecule is CC#CC(=O)Nc1cccc(-c2cnc3[nH]cc(C)c3c2)c1.CC#CC(=O)O.Cc1c[nH]c2ncc(-c3cccc(N)c3)cc12. The van der Waals surface area contributed by atoms with Crippen molar-refractivity contribution in [1.82, 2.24) is 19.9 Å². The van der Waals surface area contributed by atoms with Gasteiger partial charge in [0.2, 0.25) is 0 Å². The number of H-pyrrole nitrogens is 2. The van der Waals surface area contributed by atoms with Gasteiger partial charge in [0.25, 0.3) is 5.91 Å². The molecule has 4 aromatic heterocycles. The number of aryl methyl sites for hydroxylation is 2. The van der Waals surface area contributed by atoms with E-state index in [9.17, 15) is 9.59 Å². The van der Waals surface area contributed by atoms with Crippen molar-refractivity contribution in [2.24, 2.45) is 0 Å². The molecule has 0 saturated heterocycles. The first kappa shape index (κ1) is 31.6. The third kappa shape index (κ3) is 8.38. The van der Waals surface area contributed by atoms with Crippen LogP contribution in [0.1, 0.15) is 25.0 Å². The van der Waals surface area contributed by atoms with Crippen molar-refractivity contribution in [1.29, 1.82) is 0 Å². The Morgan fingerprint density at radius 2 is 1.29 bits per heavy atom. The summed E-state index contributed by atoms with van der Waals surface area (Å²) in [7, 11) is 0. The van der Waals surface area contributed by atoms with E-state index in [1.54, 1.807) is 6.92 Å². The fourth-order valence-electron chi connectivity index (χ4n) is 4.46. The zero-order valence-electron chi connectivity index (χ0n) is 25.3. The van der Waals surface area contributed by atoms with Crippen molar-refractivity contribution in [2.45, 2.75) is 27.7 Å². The number of nitrogens with zero attached hydrogens (tertiary/aromatic N) is 2. The summed E-state index contributed by atoms with van der Waals surface area (Å²) < 4.78 is 0. The number of nitrogens with two attached hydrogens (primary N) is 1. The molecule has 0 aliphatic heterocycles. The van der Waals surface area contributed by atoms with Gasteiger partial charge in [0.15, 0.2) is 0 Å². The second kappa shape index (κ2) is 14.7. The van der Waals surface area contributed by atoms with E-state index >= 15 is 0 Å². The molecule has 4 heterocycles. The summed E-state index contributed by atoms with van der Waals surface area (Å²) in [6.45, 7) is 7.23. The number of amides is 1. The highest BCUT2D eigenvalue weighted by Gasteiger charge is 2.07. The minimum absolute atomic E-state index is 0.310. The molecule has 0 radical (unpaired) electrons. The van der Waals surface area contributed by atoms with E-state index in [0.717, 1.165) is 61.3 Å². The van der Waals surface area contributed by atoms with Gasteiger partial charge < -0.3 is 26.1 Å². The van der Waals surface area contributed by atoms with Gasteiger partial charge in [-0.3, -0.25) is 4.79 Å². The van der Waals surface area contributed by atoms with Crippen molar-refractivity contribution < 1.29 is 14.7 Å². The molecule has 0 fully saturated rings. The number of pyridine rings is 2. The molecular weight excluding hydrogens is 564 g/mol. The Balaban J connectivity index is 0.000000178. The number of nitrogens with one attached hydrogen (secondary N) is 3. The van der Waals surface area contributed by atoms with Gasteiger partial charge in [-0.1, -0.05) is 36.1 Å². The maximum Gasteiger partial charge on any atom is 0.381 e. The van der Waals surface area contributed by atoms with E-state index < -0.39 is 5.97 Å². The number of carbonyl (C=O) groups excluding carboxylic acids is 1. The van der Waals surface area contributed by atoms with Crippen LogP contribution in [0.2, 0.25) is 0 Å². The van der Waals surface area contributed by atoms with Gasteiger partial charge in [0, 0.05) is 64.0 Å². The number of carboxylic acid groups (broad SMARTS) is 1. The summed E-state index contributed by atoms with van der Waals surface area (Å²) in [6.07, 6.45) is 7.61. The fourth-order valence-corrected chi connectivity index (χ4v) is 4.46. The smallest absolute Gasteiger partial charge is 0.381 e. The zero-order chi connectivity index (χ0) is 32.3. The van der Waals surface area contributed by atoms with E-state index in [4.69, 9.17) is 10.8 Å². The molecule has 6 N–H and O–H groups in total. The van der Waals surface area contributed by atoms with Gasteiger partial charge in [-0.15, -0.1) is 0 Å². The van der Waals surface area contributed by atoms with E-state index in [-0.39, 0.29) is 5.91 Å². The highest BCUT2D eigenvalue weighted by Crippen LogP contribution is 2.27. The molecule has 1 amide bonds. The molecule has 0 aliphatic rings. The zero-order valence-corrected chi connectivity index (χ0v) is 25.3. The molecule has 9 heteroatoms. The van der Waals surface area contributed by atoms with Crippen LogP contribution in [0.3, 0.4) is 0 Å². The number of nitrogen functional groups attached to an aromatic ring is 1. The normalized spacial score (nSPS) is 9.78. The molecule has 0 atom stereocenters. The Kier molecular flexibility index (Phi) is 10.3. The highest BCUT2D eigenvalue weighted by molar-refractivity contribution is 6.04. The summed E-state index contributed by atoms with van der Waals surface area (Å²) in [5.74, 6) is 7.76. The first-order valence-corrected chi connectivity index (χ1v) is 13.9. The lowest BCUT2D eigenvalue weighted by molar-refractivity contribution is -0.130. The monoisotopic (exact) mass is 596 g/mol. The molecule has 6 aromatic rings. The second-order valence-electron chi connectivity index (χ2n) is 9.90. The lowest BCUT2D eigenvalue weighted by atomic mass is 10.1. The number of fused-ring (bicyclic) bond motifs is 2. The van der Waals surface area contributed by atoms with Crippen molar-refractivity contribution in [3.05, 3.63) is 96.6 Å². The number of aromatic nitrogens is 4. The molecule has 224 valence electrons. The number of aliphatic carboxylic acids is 1. The quantitative estimate of drug-likeness (QED) is 0.113. The largest absolute Gasteiger partial charge is 0.472 e. The van der Waals surface area contributed by atoms with Crippen LogP contribution in [-0.4, -0.2) is 36.9 Å². The molecule has 2 aromatic carbocycles. The van der Waals surface area contributed by atoms with E-state index in [0.29, 0.717) is 0 Å². The van der Waals surface area contributed by atoms with Crippen LogP contribution in [0.4, 0.5) is 11.4 Å². The van der Waals surface area contributed by atoms with Gasteiger partial charge in [-0.05, 0) is 92.3 Å². The molecule has 9 nitrogen and oxygen atoms in total. The number of benzene rings is 2. The molecule has 0 aliphatic carbocycles. The molecule has 0 unspecified atom stereocenters. The van der Waals surface area contributed by atoms with Crippen LogP contribution in [0.25, 0.3) is 44.3 Å². The van der Waals surface area contributed by atoms with Crippen LogP contribution in [-0.2, 0) is 9.59 Å². The first-order valence-electron chi connectivity index (χ1n) is 13.9. The topological polar surface area (TPSA) is 150 Å². The molecule has 0 saturated carbocycles.